The predicted molar refractivity (Wildman–Crippen MR) is 152 cm³/mol. The number of carbonyl (C=O) groups is 3. The lowest BCUT2D eigenvalue weighted by Crippen LogP contribution is -2.42. The predicted octanol–water partition coefficient (Wildman–Crippen LogP) is 4.81. The molecule has 0 saturated carbocycles. The van der Waals surface area contributed by atoms with Gasteiger partial charge in [-0.1, -0.05) is 49.2 Å². The van der Waals surface area contributed by atoms with Crippen LogP contribution in [0.4, 0.5) is 0 Å². The minimum atomic E-state index is -1.18. The first-order chi connectivity index (χ1) is 19.4. The molecule has 40 heavy (non-hydrogen) atoms. The van der Waals surface area contributed by atoms with Crippen LogP contribution in [-0.4, -0.2) is 50.1 Å². The van der Waals surface area contributed by atoms with Crippen LogP contribution in [0.3, 0.4) is 0 Å². The lowest BCUT2D eigenvalue weighted by atomic mass is 9.69. The maximum Gasteiger partial charge on any atom is 0.318 e. The number of nitrogens with zero attached hydrogens (tertiary/aromatic N) is 1. The van der Waals surface area contributed by atoms with Crippen LogP contribution < -0.4 is 14.8 Å². The van der Waals surface area contributed by atoms with Gasteiger partial charge in [-0.3, -0.25) is 14.4 Å². The summed E-state index contributed by atoms with van der Waals surface area (Å²) < 4.78 is 16.3. The number of carbonyl (C=O) groups excluding carboxylic acids is 3. The summed E-state index contributed by atoms with van der Waals surface area (Å²) in [5.74, 6) is -0.227. The lowest BCUT2D eigenvalue weighted by Gasteiger charge is -2.34. The third-order valence-corrected chi connectivity index (χ3v) is 7.96. The van der Waals surface area contributed by atoms with E-state index in [4.69, 9.17) is 14.2 Å². The molecule has 0 aromatic heterocycles. The molecule has 2 atom stereocenters. The van der Waals surface area contributed by atoms with Crippen molar-refractivity contribution in [3.8, 4) is 11.5 Å². The van der Waals surface area contributed by atoms with Crippen LogP contribution in [0.1, 0.15) is 56.6 Å². The second kappa shape index (κ2) is 13.5. The zero-order valence-corrected chi connectivity index (χ0v) is 23.7. The van der Waals surface area contributed by atoms with E-state index < -0.39 is 17.3 Å². The van der Waals surface area contributed by atoms with Crippen molar-refractivity contribution in [3.63, 3.8) is 0 Å². The molecule has 1 heterocycles. The Morgan fingerprint density at radius 3 is 2.52 bits per heavy atom. The quantitative estimate of drug-likeness (QED) is 0.405. The molecule has 8 heteroatoms. The number of amides is 2. The SMILES string of the molecule is CCOC(=O)[C@]12CCCCC/C=C\1N(Cc1ccc(OC)cc1)C(=O)[C@H]2CC(=O)NCCc1ccccc1OC. The molecule has 0 bridgehead atoms. The summed E-state index contributed by atoms with van der Waals surface area (Å²) >= 11 is 0. The third kappa shape index (κ3) is 6.16. The molecule has 214 valence electrons. The van der Waals surface area contributed by atoms with Crippen molar-refractivity contribution in [2.45, 2.75) is 58.4 Å². The van der Waals surface area contributed by atoms with Gasteiger partial charge < -0.3 is 24.4 Å². The largest absolute Gasteiger partial charge is 0.497 e. The fraction of sp³-hybridized carbons (Fsp3) is 0.469. The maximum absolute atomic E-state index is 14.1. The van der Waals surface area contributed by atoms with Gasteiger partial charge in [-0.05, 0) is 61.9 Å². The molecule has 1 aliphatic carbocycles. The number of allylic oxidation sites excluding steroid dienone is 1. The highest BCUT2D eigenvalue weighted by Gasteiger charge is 2.61. The zero-order chi connectivity index (χ0) is 28.5. The van der Waals surface area contributed by atoms with E-state index in [0.29, 0.717) is 31.6 Å². The Hall–Kier alpha value is -3.81. The number of nitrogens with one attached hydrogen (secondary N) is 1. The van der Waals surface area contributed by atoms with Crippen molar-refractivity contribution in [1.29, 1.82) is 0 Å². The van der Waals surface area contributed by atoms with Crippen LogP contribution in [-0.2, 0) is 32.1 Å². The molecule has 0 spiro atoms. The van der Waals surface area contributed by atoms with Crippen LogP contribution >= 0.6 is 0 Å². The minimum Gasteiger partial charge on any atom is -0.497 e. The Morgan fingerprint density at radius 2 is 1.80 bits per heavy atom. The second-order valence-electron chi connectivity index (χ2n) is 10.3. The first kappa shape index (κ1) is 29.2. The first-order valence-electron chi connectivity index (χ1n) is 14.1. The van der Waals surface area contributed by atoms with Gasteiger partial charge in [-0.15, -0.1) is 0 Å². The highest BCUT2D eigenvalue weighted by atomic mass is 16.5. The van der Waals surface area contributed by atoms with Crippen LogP contribution in [0.25, 0.3) is 0 Å². The summed E-state index contributed by atoms with van der Waals surface area (Å²) in [5.41, 5.74) is 1.40. The van der Waals surface area contributed by atoms with E-state index in [2.05, 4.69) is 5.32 Å². The van der Waals surface area contributed by atoms with Crippen LogP contribution in [0.15, 0.2) is 60.3 Å². The number of hydrogen-bond acceptors (Lipinski definition) is 6. The third-order valence-electron chi connectivity index (χ3n) is 7.96. The molecule has 1 N–H and O–H groups in total. The average Bonchev–Trinajstić information content (AvgIpc) is 3.15. The first-order valence-corrected chi connectivity index (χ1v) is 14.1. The number of para-hydroxylation sites is 1. The Balaban J connectivity index is 1.60. The van der Waals surface area contributed by atoms with Gasteiger partial charge in [0.15, 0.2) is 0 Å². The zero-order valence-electron chi connectivity index (χ0n) is 23.7. The van der Waals surface area contributed by atoms with Gasteiger partial charge >= 0.3 is 5.97 Å². The Morgan fingerprint density at radius 1 is 1.02 bits per heavy atom. The van der Waals surface area contributed by atoms with Crippen molar-refractivity contribution in [3.05, 3.63) is 71.4 Å². The van der Waals surface area contributed by atoms with Crippen molar-refractivity contribution >= 4 is 17.8 Å². The molecule has 0 radical (unpaired) electrons. The molecule has 4 rings (SSSR count). The number of rotatable bonds is 11. The number of benzene rings is 2. The van der Waals surface area contributed by atoms with Gasteiger partial charge in [0.25, 0.3) is 0 Å². The number of ether oxygens (including phenoxy) is 3. The van der Waals surface area contributed by atoms with Crippen molar-refractivity contribution in [1.82, 2.24) is 10.2 Å². The van der Waals surface area contributed by atoms with Gasteiger partial charge in [0.1, 0.15) is 16.9 Å². The van der Waals surface area contributed by atoms with E-state index in [1.54, 1.807) is 26.0 Å². The lowest BCUT2D eigenvalue weighted by molar-refractivity contribution is -0.158. The minimum absolute atomic E-state index is 0.0833. The number of hydrogen-bond donors (Lipinski definition) is 1. The molecule has 2 aromatic carbocycles. The van der Waals surface area contributed by atoms with E-state index in [1.165, 1.54) is 0 Å². The number of fused-ring (bicyclic) bond motifs is 1. The highest BCUT2D eigenvalue weighted by molar-refractivity contribution is 5.98. The molecule has 8 nitrogen and oxygen atoms in total. The van der Waals surface area contributed by atoms with Gasteiger partial charge in [-0.2, -0.15) is 0 Å². The van der Waals surface area contributed by atoms with E-state index >= 15 is 0 Å². The highest BCUT2D eigenvalue weighted by Crippen LogP contribution is 2.53. The normalized spacial score (nSPS) is 21.9. The Bertz CT molecular complexity index is 1220. The summed E-state index contributed by atoms with van der Waals surface area (Å²) in [4.78, 5) is 42.8. The molecule has 2 aliphatic rings. The number of esters is 1. The van der Waals surface area contributed by atoms with Crippen molar-refractivity contribution in [2.24, 2.45) is 11.3 Å². The van der Waals surface area contributed by atoms with Gasteiger partial charge in [0, 0.05) is 18.7 Å². The standard InChI is InChI=1S/C32H40N2O6/c1-4-40-31(37)32-19-10-6-5-7-13-28(32)34(22-23-14-16-25(38-2)17-15-23)30(36)26(32)21-29(35)33-20-18-24-11-8-9-12-27(24)39-3/h8-9,11-17,26H,4-7,10,18-22H2,1-3H3,(H,33,35)/b28-13+/t26-,32+/m1/s1. The Labute approximate surface area is 236 Å². The fourth-order valence-corrected chi connectivity index (χ4v) is 5.95. The smallest absolute Gasteiger partial charge is 0.318 e. The molecule has 2 aromatic rings. The molecule has 1 aliphatic heterocycles. The van der Waals surface area contributed by atoms with Crippen LogP contribution in [0, 0.1) is 11.3 Å². The second-order valence-corrected chi connectivity index (χ2v) is 10.3. The summed E-state index contributed by atoms with van der Waals surface area (Å²) in [6, 6.07) is 15.2. The number of methoxy groups -OCH3 is 2. The topological polar surface area (TPSA) is 94.2 Å². The van der Waals surface area contributed by atoms with Crippen LogP contribution in [0.5, 0.6) is 11.5 Å². The average molecular weight is 549 g/mol. The summed E-state index contributed by atoms with van der Waals surface area (Å²) in [6.07, 6.45) is 6.49. The Kier molecular flexibility index (Phi) is 9.85. The molecular formula is C32H40N2O6. The van der Waals surface area contributed by atoms with E-state index in [0.717, 1.165) is 48.3 Å². The van der Waals surface area contributed by atoms with Gasteiger partial charge in [0.05, 0.1) is 33.3 Å². The van der Waals surface area contributed by atoms with Gasteiger partial charge in [0.2, 0.25) is 11.8 Å². The van der Waals surface area contributed by atoms with Crippen molar-refractivity contribution in [2.75, 3.05) is 27.4 Å². The number of likely N-dealkylation sites (tertiary alicyclic amines) is 1. The molecule has 2 amide bonds. The molecule has 1 saturated heterocycles. The van der Waals surface area contributed by atoms with E-state index in [-0.39, 0.29) is 24.8 Å². The molecule has 1 fully saturated rings. The fourth-order valence-electron chi connectivity index (χ4n) is 5.95. The van der Waals surface area contributed by atoms with Crippen LogP contribution in [0.2, 0.25) is 0 Å². The van der Waals surface area contributed by atoms with Gasteiger partial charge in [-0.25, -0.2) is 0 Å². The summed E-state index contributed by atoms with van der Waals surface area (Å²) in [6.45, 7) is 2.68. The maximum atomic E-state index is 14.1. The monoisotopic (exact) mass is 548 g/mol. The van der Waals surface area contributed by atoms with E-state index in [9.17, 15) is 14.4 Å². The summed E-state index contributed by atoms with van der Waals surface area (Å²) in [5, 5.41) is 2.97. The molecular weight excluding hydrogens is 508 g/mol. The molecule has 0 unspecified atom stereocenters. The van der Waals surface area contributed by atoms with Crippen molar-refractivity contribution < 1.29 is 28.6 Å². The van der Waals surface area contributed by atoms with E-state index in [1.807, 2.05) is 54.6 Å². The summed E-state index contributed by atoms with van der Waals surface area (Å²) in [7, 11) is 3.23.